The molecule has 1 atom stereocenters. The molecule has 0 unspecified atom stereocenters. The normalized spacial score (nSPS) is 13.1. The summed E-state index contributed by atoms with van der Waals surface area (Å²) in [7, 11) is 0. The molecule has 3 aromatic carbocycles. The topological polar surface area (TPSA) is 63.5 Å². The van der Waals surface area contributed by atoms with Crippen molar-refractivity contribution in [1.29, 1.82) is 0 Å². The number of carbonyl (C=O) groups excluding carboxylic acids is 2. The lowest BCUT2D eigenvalue weighted by Gasteiger charge is -2.15. The van der Waals surface area contributed by atoms with Crippen LogP contribution in [0.4, 0.5) is 17.6 Å². The van der Waals surface area contributed by atoms with Crippen LogP contribution in [0.2, 0.25) is 0 Å². The molecule has 0 fully saturated rings. The van der Waals surface area contributed by atoms with Crippen molar-refractivity contribution in [3.8, 4) is 0 Å². The average Bonchev–Trinajstić information content (AvgIpc) is 3.19. The number of benzene rings is 3. The maximum absolute atomic E-state index is 13.1. The standard InChI is InChI=1S/C26H21F4N3O2S/c1-15-6-11-21-22(12-15)36-25(32-24(35)18-4-3-5-19(13-18)26(28,29)30)33(21)16(2)23(34)31-14-17-7-9-20(27)10-8-17/h3-13,16H,14H2,1-2H3,(H,31,34)/t16-/m1/s1. The van der Waals surface area contributed by atoms with Gasteiger partial charge in [0, 0.05) is 12.1 Å². The zero-order chi connectivity index (χ0) is 26.0. The van der Waals surface area contributed by atoms with Gasteiger partial charge in [0.25, 0.3) is 5.91 Å². The maximum Gasteiger partial charge on any atom is 0.416 e. The lowest BCUT2D eigenvalue weighted by atomic mass is 10.1. The Bertz CT molecular complexity index is 1500. The molecule has 1 heterocycles. The van der Waals surface area contributed by atoms with Crippen LogP contribution in [0.25, 0.3) is 10.2 Å². The monoisotopic (exact) mass is 515 g/mol. The second kappa shape index (κ2) is 10.1. The van der Waals surface area contributed by atoms with Gasteiger partial charge in [-0.2, -0.15) is 18.2 Å². The summed E-state index contributed by atoms with van der Waals surface area (Å²) in [5, 5.41) is 2.79. The number of alkyl halides is 3. The first-order chi connectivity index (χ1) is 17.0. The molecule has 10 heteroatoms. The van der Waals surface area contributed by atoms with Gasteiger partial charge in [0.1, 0.15) is 11.9 Å². The van der Waals surface area contributed by atoms with E-state index < -0.39 is 23.7 Å². The van der Waals surface area contributed by atoms with Crippen LogP contribution in [-0.2, 0) is 17.5 Å². The fraction of sp³-hybridized carbons (Fsp3) is 0.192. The van der Waals surface area contributed by atoms with Crippen molar-refractivity contribution in [2.24, 2.45) is 4.99 Å². The summed E-state index contributed by atoms with van der Waals surface area (Å²) in [6, 6.07) is 14.5. The number of nitrogens with zero attached hydrogens (tertiary/aromatic N) is 2. The average molecular weight is 516 g/mol. The Kier molecular flexibility index (Phi) is 7.07. The largest absolute Gasteiger partial charge is 0.416 e. The van der Waals surface area contributed by atoms with Crippen molar-refractivity contribution in [1.82, 2.24) is 9.88 Å². The highest BCUT2D eigenvalue weighted by atomic mass is 32.1. The minimum atomic E-state index is -4.59. The van der Waals surface area contributed by atoms with Gasteiger partial charge in [-0.15, -0.1) is 0 Å². The summed E-state index contributed by atoms with van der Waals surface area (Å²) in [4.78, 5) is 30.1. The number of rotatable bonds is 5. The molecule has 0 aliphatic carbocycles. The lowest BCUT2D eigenvalue weighted by molar-refractivity contribution is -0.137. The fourth-order valence-electron chi connectivity index (χ4n) is 3.64. The smallest absolute Gasteiger partial charge is 0.350 e. The second-order valence-corrected chi connectivity index (χ2v) is 9.25. The zero-order valence-electron chi connectivity index (χ0n) is 19.3. The molecule has 2 amide bonds. The van der Waals surface area contributed by atoms with Crippen LogP contribution < -0.4 is 10.1 Å². The fourth-order valence-corrected chi connectivity index (χ4v) is 4.84. The predicted octanol–water partition coefficient (Wildman–Crippen LogP) is 5.79. The van der Waals surface area contributed by atoms with Crippen LogP contribution in [0.15, 0.2) is 71.7 Å². The highest BCUT2D eigenvalue weighted by molar-refractivity contribution is 7.16. The Morgan fingerprint density at radius 3 is 2.47 bits per heavy atom. The van der Waals surface area contributed by atoms with Crippen molar-refractivity contribution in [2.75, 3.05) is 0 Å². The molecule has 186 valence electrons. The summed E-state index contributed by atoms with van der Waals surface area (Å²) in [5.74, 6) is -1.60. The van der Waals surface area contributed by atoms with E-state index in [1.165, 1.54) is 18.2 Å². The summed E-state index contributed by atoms with van der Waals surface area (Å²) >= 11 is 1.16. The van der Waals surface area contributed by atoms with Crippen LogP contribution in [-0.4, -0.2) is 16.4 Å². The molecule has 0 saturated carbocycles. The first-order valence-corrected chi connectivity index (χ1v) is 11.7. The lowest BCUT2D eigenvalue weighted by Crippen LogP contribution is -2.34. The predicted molar refractivity (Wildman–Crippen MR) is 129 cm³/mol. The summed E-state index contributed by atoms with van der Waals surface area (Å²) in [6.07, 6.45) is -4.59. The molecule has 1 N–H and O–H groups in total. The number of hydrogen-bond acceptors (Lipinski definition) is 3. The van der Waals surface area contributed by atoms with Gasteiger partial charge in [0.2, 0.25) is 5.91 Å². The molecule has 1 aromatic heterocycles. The number of thiazole rings is 1. The van der Waals surface area contributed by atoms with Crippen LogP contribution in [0.1, 0.15) is 40.0 Å². The van der Waals surface area contributed by atoms with Crippen LogP contribution in [0, 0.1) is 12.7 Å². The molecule has 5 nitrogen and oxygen atoms in total. The van der Waals surface area contributed by atoms with E-state index in [4.69, 9.17) is 0 Å². The van der Waals surface area contributed by atoms with E-state index in [2.05, 4.69) is 10.3 Å². The molecule has 0 aliphatic rings. The number of halogens is 4. The first-order valence-electron chi connectivity index (χ1n) is 10.9. The molecular formula is C26H21F4N3O2S. The van der Waals surface area contributed by atoms with Crippen molar-refractivity contribution in [3.05, 3.63) is 99.6 Å². The summed E-state index contributed by atoms with van der Waals surface area (Å²) in [6.45, 7) is 3.70. The number of hydrogen-bond donors (Lipinski definition) is 1. The van der Waals surface area contributed by atoms with Crippen molar-refractivity contribution >= 4 is 33.4 Å². The number of nitrogens with one attached hydrogen (secondary N) is 1. The Morgan fingerprint density at radius 1 is 1.06 bits per heavy atom. The van der Waals surface area contributed by atoms with Crippen molar-refractivity contribution in [3.63, 3.8) is 0 Å². The molecule has 0 saturated heterocycles. The zero-order valence-corrected chi connectivity index (χ0v) is 20.1. The van der Waals surface area contributed by atoms with E-state index in [-0.39, 0.29) is 28.6 Å². The molecule has 4 aromatic rings. The SMILES string of the molecule is Cc1ccc2c(c1)sc(=NC(=O)c1cccc(C(F)(F)F)c1)n2[C@H](C)C(=O)NCc1ccc(F)cc1. The summed E-state index contributed by atoms with van der Waals surface area (Å²) < 4.78 is 54.8. The summed E-state index contributed by atoms with van der Waals surface area (Å²) in [5.41, 5.74) is 1.17. The van der Waals surface area contributed by atoms with E-state index in [0.29, 0.717) is 11.1 Å². The molecule has 0 spiro atoms. The van der Waals surface area contributed by atoms with Crippen LogP contribution in [0.5, 0.6) is 0 Å². The maximum atomic E-state index is 13.1. The number of amides is 2. The Labute approximate surface area is 207 Å². The highest BCUT2D eigenvalue weighted by Crippen LogP contribution is 2.29. The number of carbonyl (C=O) groups is 2. The minimum absolute atomic E-state index is 0.167. The van der Waals surface area contributed by atoms with Gasteiger partial charge >= 0.3 is 6.18 Å². The van der Waals surface area contributed by atoms with E-state index >= 15 is 0 Å². The molecular weight excluding hydrogens is 494 g/mol. The minimum Gasteiger partial charge on any atom is -0.350 e. The third-order valence-corrected chi connectivity index (χ3v) is 6.58. The van der Waals surface area contributed by atoms with E-state index in [1.54, 1.807) is 29.7 Å². The van der Waals surface area contributed by atoms with Crippen LogP contribution in [0.3, 0.4) is 0 Å². The third-order valence-electron chi connectivity index (χ3n) is 5.56. The van der Waals surface area contributed by atoms with Gasteiger partial charge in [-0.25, -0.2) is 4.39 Å². The number of aryl methyl sites for hydroxylation is 1. The van der Waals surface area contributed by atoms with Crippen molar-refractivity contribution in [2.45, 2.75) is 32.6 Å². The molecule has 36 heavy (non-hydrogen) atoms. The molecule has 0 aliphatic heterocycles. The van der Waals surface area contributed by atoms with Gasteiger partial charge in [0.15, 0.2) is 4.80 Å². The Balaban J connectivity index is 1.70. The first kappa shape index (κ1) is 25.3. The van der Waals surface area contributed by atoms with E-state index in [9.17, 15) is 27.2 Å². The Hall–Kier alpha value is -3.79. The van der Waals surface area contributed by atoms with E-state index in [1.807, 2.05) is 19.1 Å². The molecule has 0 radical (unpaired) electrons. The molecule has 0 bridgehead atoms. The van der Waals surface area contributed by atoms with Gasteiger partial charge in [-0.1, -0.05) is 35.6 Å². The number of fused-ring (bicyclic) bond motifs is 1. The van der Waals surface area contributed by atoms with Gasteiger partial charge in [0.05, 0.1) is 15.8 Å². The van der Waals surface area contributed by atoms with Gasteiger partial charge < -0.3 is 9.88 Å². The second-order valence-electron chi connectivity index (χ2n) is 8.24. The quantitative estimate of drug-likeness (QED) is 0.342. The Morgan fingerprint density at radius 2 is 1.78 bits per heavy atom. The van der Waals surface area contributed by atoms with Crippen molar-refractivity contribution < 1.29 is 27.2 Å². The highest BCUT2D eigenvalue weighted by Gasteiger charge is 2.31. The van der Waals surface area contributed by atoms with Gasteiger partial charge in [-0.05, 0) is 67.4 Å². The molecule has 4 rings (SSSR count). The van der Waals surface area contributed by atoms with Gasteiger partial charge in [-0.3, -0.25) is 9.59 Å². The van der Waals surface area contributed by atoms with E-state index in [0.717, 1.165) is 39.8 Å². The third kappa shape index (κ3) is 5.54. The number of aromatic nitrogens is 1. The van der Waals surface area contributed by atoms with Crippen LogP contribution >= 0.6 is 11.3 Å².